The van der Waals surface area contributed by atoms with Gasteiger partial charge in [-0.05, 0) is 12.8 Å². The van der Waals surface area contributed by atoms with E-state index in [0.717, 1.165) is 12.8 Å². The zero-order valence-electron chi connectivity index (χ0n) is 11.3. The molecular weight excluding hydrogens is 264 g/mol. The zero-order chi connectivity index (χ0) is 14.0. The van der Waals surface area contributed by atoms with Gasteiger partial charge in [0.25, 0.3) is 0 Å². The third kappa shape index (κ3) is 3.34. The molecule has 1 fully saturated rings. The summed E-state index contributed by atoms with van der Waals surface area (Å²) in [6, 6.07) is 1.68. The minimum Gasteiger partial charge on any atom is -0.384 e. The first-order chi connectivity index (χ1) is 8.91. The lowest BCUT2D eigenvalue weighted by Crippen LogP contribution is -2.33. The maximum atomic E-state index is 11.5. The van der Waals surface area contributed by atoms with Crippen LogP contribution in [-0.2, 0) is 16.3 Å². The van der Waals surface area contributed by atoms with E-state index in [-0.39, 0.29) is 17.5 Å². The molecule has 1 aliphatic rings. The molecule has 2 rings (SSSR count). The summed E-state index contributed by atoms with van der Waals surface area (Å²) < 4.78 is 23.1. The van der Waals surface area contributed by atoms with Crippen molar-refractivity contribution in [2.75, 3.05) is 29.2 Å². The highest BCUT2D eigenvalue weighted by atomic mass is 32.2. The molecule has 106 valence electrons. The SMILES string of the molecule is CCCc1nc(N)cc(N(C)C2CCS(=O)(=O)C2)n1. The monoisotopic (exact) mass is 284 g/mol. The molecule has 0 spiro atoms. The number of nitrogen functional groups attached to an aromatic ring is 1. The van der Waals surface area contributed by atoms with Crippen LogP contribution in [0.25, 0.3) is 0 Å². The molecule has 6 nitrogen and oxygen atoms in total. The van der Waals surface area contributed by atoms with Gasteiger partial charge in [-0.3, -0.25) is 0 Å². The molecule has 19 heavy (non-hydrogen) atoms. The first kappa shape index (κ1) is 14.0. The maximum absolute atomic E-state index is 11.5. The number of hydrogen-bond acceptors (Lipinski definition) is 6. The number of nitrogens with zero attached hydrogens (tertiary/aromatic N) is 3. The van der Waals surface area contributed by atoms with Crippen LogP contribution in [-0.4, -0.2) is 43.0 Å². The van der Waals surface area contributed by atoms with Crippen molar-refractivity contribution in [2.24, 2.45) is 0 Å². The summed E-state index contributed by atoms with van der Waals surface area (Å²) in [6.07, 6.45) is 2.37. The van der Waals surface area contributed by atoms with Gasteiger partial charge >= 0.3 is 0 Å². The van der Waals surface area contributed by atoms with E-state index < -0.39 is 9.84 Å². The number of anilines is 2. The minimum absolute atomic E-state index is 0.0197. The fraction of sp³-hybridized carbons (Fsp3) is 0.667. The van der Waals surface area contributed by atoms with E-state index in [9.17, 15) is 8.42 Å². The number of aryl methyl sites for hydroxylation is 1. The standard InChI is InChI=1S/C12H20N4O2S/c1-3-4-11-14-10(13)7-12(15-11)16(2)9-5-6-19(17,18)8-9/h7,9H,3-6,8H2,1-2H3,(H2,13,14,15). The number of sulfone groups is 1. The van der Waals surface area contributed by atoms with Gasteiger partial charge in [0.1, 0.15) is 17.5 Å². The highest BCUT2D eigenvalue weighted by Gasteiger charge is 2.31. The quantitative estimate of drug-likeness (QED) is 0.872. The van der Waals surface area contributed by atoms with Crippen molar-refractivity contribution in [3.63, 3.8) is 0 Å². The van der Waals surface area contributed by atoms with Gasteiger partial charge in [0.15, 0.2) is 9.84 Å². The Balaban J connectivity index is 2.21. The van der Waals surface area contributed by atoms with Gasteiger partial charge in [0.2, 0.25) is 0 Å². The Morgan fingerprint density at radius 3 is 2.79 bits per heavy atom. The normalized spacial score (nSPS) is 21.5. The number of aromatic nitrogens is 2. The molecule has 2 heterocycles. The van der Waals surface area contributed by atoms with Gasteiger partial charge in [-0.25, -0.2) is 18.4 Å². The van der Waals surface area contributed by atoms with Crippen molar-refractivity contribution >= 4 is 21.5 Å². The second kappa shape index (κ2) is 5.32. The van der Waals surface area contributed by atoms with Gasteiger partial charge in [0.05, 0.1) is 11.5 Å². The molecule has 0 bridgehead atoms. The summed E-state index contributed by atoms with van der Waals surface area (Å²) in [4.78, 5) is 10.5. The van der Waals surface area contributed by atoms with Gasteiger partial charge in [-0.1, -0.05) is 6.92 Å². The van der Waals surface area contributed by atoms with Crippen molar-refractivity contribution in [2.45, 2.75) is 32.2 Å². The van der Waals surface area contributed by atoms with Crippen molar-refractivity contribution in [1.29, 1.82) is 0 Å². The smallest absolute Gasteiger partial charge is 0.152 e. The van der Waals surface area contributed by atoms with Crippen LogP contribution in [0.3, 0.4) is 0 Å². The Kier molecular flexibility index (Phi) is 3.93. The maximum Gasteiger partial charge on any atom is 0.152 e. The van der Waals surface area contributed by atoms with Gasteiger partial charge in [-0.15, -0.1) is 0 Å². The molecule has 0 aromatic carbocycles. The van der Waals surface area contributed by atoms with Crippen molar-refractivity contribution in [1.82, 2.24) is 9.97 Å². The Bertz CT molecular complexity index is 559. The minimum atomic E-state index is -2.90. The predicted molar refractivity (Wildman–Crippen MR) is 75.9 cm³/mol. The number of rotatable bonds is 4. The van der Waals surface area contributed by atoms with E-state index in [4.69, 9.17) is 5.73 Å². The predicted octanol–water partition coefficient (Wildman–Crippen LogP) is 0.635. The lowest BCUT2D eigenvalue weighted by molar-refractivity contribution is 0.600. The second-order valence-electron chi connectivity index (χ2n) is 4.99. The molecule has 0 aliphatic carbocycles. The number of nitrogens with two attached hydrogens (primary N) is 1. The molecule has 1 saturated heterocycles. The van der Waals surface area contributed by atoms with Crippen molar-refractivity contribution in [3.05, 3.63) is 11.9 Å². The third-order valence-corrected chi connectivity index (χ3v) is 5.12. The molecule has 1 aliphatic heterocycles. The largest absolute Gasteiger partial charge is 0.384 e. The molecule has 1 aromatic heterocycles. The first-order valence-corrected chi connectivity index (χ1v) is 8.30. The lowest BCUT2D eigenvalue weighted by atomic mass is 10.2. The second-order valence-corrected chi connectivity index (χ2v) is 7.21. The average Bonchev–Trinajstić information content (AvgIpc) is 2.68. The van der Waals surface area contributed by atoms with Crippen LogP contribution in [0.2, 0.25) is 0 Å². The van der Waals surface area contributed by atoms with E-state index in [0.29, 0.717) is 23.9 Å². The molecule has 0 saturated carbocycles. The number of hydrogen-bond donors (Lipinski definition) is 1. The van der Waals surface area contributed by atoms with Crippen LogP contribution in [0.1, 0.15) is 25.6 Å². The first-order valence-electron chi connectivity index (χ1n) is 6.48. The van der Waals surface area contributed by atoms with Crippen LogP contribution in [0.5, 0.6) is 0 Å². The highest BCUT2D eigenvalue weighted by molar-refractivity contribution is 7.91. The molecule has 0 radical (unpaired) electrons. The van der Waals surface area contributed by atoms with Crippen LogP contribution < -0.4 is 10.6 Å². The molecular formula is C12H20N4O2S. The Hall–Kier alpha value is -1.37. The van der Waals surface area contributed by atoms with Crippen molar-refractivity contribution < 1.29 is 8.42 Å². The molecule has 7 heteroatoms. The van der Waals surface area contributed by atoms with E-state index in [1.165, 1.54) is 0 Å². The van der Waals surface area contributed by atoms with Gasteiger partial charge in [0, 0.05) is 25.6 Å². The van der Waals surface area contributed by atoms with Gasteiger partial charge < -0.3 is 10.6 Å². The molecule has 1 aromatic rings. The summed E-state index contributed by atoms with van der Waals surface area (Å²) in [5.41, 5.74) is 5.78. The Labute approximate surface area is 114 Å². The highest BCUT2D eigenvalue weighted by Crippen LogP contribution is 2.22. The third-order valence-electron chi connectivity index (χ3n) is 3.37. The van der Waals surface area contributed by atoms with Crippen LogP contribution >= 0.6 is 0 Å². The molecule has 0 amide bonds. The summed E-state index contributed by atoms with van der Waals surface area (Å²) in [7, 11) is -1.03. The molecule has 1 atom stereocenters. The van der Waals surface area contributed by atoms with Crippen molar-refractivity contribution in [3.8, 4) is 0 Å². The van der Waals surface area contributed by atoms with E-state index in [1.54, 1.807) is 6.07 Å². The van der Waals surface area contributed by atoms with E-state index >= 15 is 0 Å². The van der Waals surface area contributed by atoms with Crippen LogP contribution in [0.4, 0.5) is 11.6 Å². The van der Waals surface area contributed by atoms with Crippen LogP contribution in [0, 0.1) is 0 Å². The summed E-state index contributed by atoms with van der Waals surface area (Å²) in [5, 5.41) is 0. The summed E-state index contributed by atoms with van der Waals surface area (Å²) >= 11 is 0. The fourth-order valence-corrected chi connectivity index (χ4v) is 4.06. The zero-order valence-corrected chi connectivity index (χ0v) is 12.2. The lowest BCUT2D eigenvalue weighted by Gasteiger charge is -2.24. The molecule has 2 N–H and O–H groups in total. The van der Waals surface area contributed by atoms with Gasteiger partial charge in [-0.2, -0.15) is 0 Å². The Morgan fingerprint density at radius 2 is 2.21 bits per heavy atom. The van der Waals surface area contributed by atoms with E-state index in [2.05, 4.69) is 16.9 Å². The van der Waals surface area contributed by atoms with E-state index in [1.807, 2.05) is 11.9 Å². The summed E-state index contributed by atoms with van der Waals surface area (Å²) in [5.74, 6) is 2.30. The average molecular weight is 284 g/mol. The van der Waals surface area contributed by atoms with Crippen LogP contribution in [0.15, 0.2) is 6.07 Å². The summed E-state index contributed by atoms with van der Waals surface area (Å²) in [6.45, 7) is 2.06. The molecule has 1 unspecified atom stereocenters. The fourth-order valence-electron chi connectivity index (χ4n) is 2.29. The topological polar surface area (TPSA) is 89.2 Å². The Morgan fingerprint density at radius 1 is 1.47 bits per heavy atom.